The molecule has 0 bridgehead atoms. The Morgan fingerprint density at radius 2 is 1.87 bits per heavy atom. The maximum Gasteiger partial charge on any atom is 0.417 e. The summed E-state index contributed by atoms with van der Waals surface area (Å²) in [6.45, 7) is 1.83. The van der Waals surface area contributed by atoms with E-state index in [1.54, 1.807) is 18.2 Å². The van der Waals surface area contributed by atoms with Crippen molar-refractivity contribution >= 4 is 15.7 Å². The number of aryl methyl sites for hydroxylation is 1. The van der Waals surface area contributed by atoms with Crippen LogP contribution in [0.3, 0.4) is 0 Å². The maximum atomic E-state index is 13.1. The van der Waals surface area contributed by atoms with Gasteiger partial charge in [0.1, 0.15) is 0 Å². The molecule has 0 spiro atoms. The fraction of sp³-hybridized carbons (Fsp3) is 0.429. The zero-order valence-electron chi connectivity index (χ0n) is 16.4. The standard InChI is InChI=1S/C21H23F3N2O3S/c1-14-3-2-4-17(11-14)30(28,29)13-15-5-7-16(8-6-15)26-20(27)18-12-25-10-9-19(18)21(22,23)24/h2-4,9-12,15-16H,5-8,13H2,1H3,(H,26,27). The first-order chi connectivity index (χ1) is 14.1. The Morgan fingerprint density at radius 3 is 2.50 bits per heavy atom. The molecule has 1 N–H and O–H groups in total. The van der Waals surface area contributed by atoms with Crippen LogP contribution < -0.4 is 5.32 Å². The molecule has 1 aromatic heterocycles. The molecule has 0 unspecified atom stereocenters. The normalized spacial score (nSPS) is 20.0. The van der Waals surface area contributed by atoms with E-state index in [2.05, 4.69) is 10.3 Å². The summed E-state index contributed by atoms with van der Waals surface area (Å²) < 4.78 is 64.6. The van der Waals surface area contributed by atoms with E-state index in [1.807, 2.05) is 13.0 Å². The molecule has 0 aliphatic heterocycles. The molecule has 2 aromatic rings. The van der Waals surface area contributed by atoms with Crippen molar-refractivity contribution in [1.82, 2.24) is 10.3 Å². The van der Waals surface area contributed by atoms with Gasteiger partial charge in [-0.2, -0.15) is 13.2 Å². The zero-order valence-corrected chi connectivity index (χ0v) is 17.3. The van der Waals surface area contributed by atoms with Gasteiger partial charge in [-0.05, 0) is 62.3 Å². The molecule has 1 aliphatic rings. The minimum absolute atomic E-state index is 0.0257. The molecule has 5 nitrogen and oxygen atoms in total. The highest BCUT2D eigenvalue weighted by Gasteiger charge is 2.36. The third-order valence-electron chi connectivity index (χ3n) is 5.36. The van der Waals surface area contributed by atoms with Crippen molar-refractivity contribution in [3.8, 4) is 0 Å². The lowest BCUT2D eigenvalue weighted by Crippen LogP contribution is -2.39. The molecule has 9 heteroatoms. The van der Waals surface area contributed by atoms with Gasteiger partial charge < -0.3 is 5.32 Å². The highest BCUT2D eigenvalue weighted by Crippen LogP contribution is 2.32. The third kappa shape index (κ3) is 5.38. The first-order valence-corrected chi connectivity index (χ1v) is 11.3. The van der Waals surface area contributed by atoms with E-state index >= 15 is 0 Å². The molecule has 1 aliphatic carbocycles. The van der Waals surface area contributed by atoms with Crippen LogP contribution in [0, 0.1) is 12.8 Å². The number of carbonyl (C=O) groups is 1. The largest absolute Gasteiger partial charge is 0.417 e. The molecule has 30 heavy (non-hydrogen) atoms. The number of carbonyl (C=O) groups excluding carboxylic acids is 1. The van der Waals surface area contributed by atoms with Gasteiger partial charge in [-0.15, -0.1) is 0 Å². The Kier molecular flexibility index (Phi) is 6.50. The predicted molar refractivity (Wildman–Crippen MR) is 106 cm³/mol. The Labute approximate surface area is 173 Å². The smallest absolute Gasteiger partial charge is 0.349 e. The molecule has 0 radical (unpaired) electrons. The minimum atomic E-state index is -4.64. The molecule has 1 amide bonds. The summed E-state index contributed by atoms with van der Waals surface area (Å²) in [4.78, 5) is 16.3. The molecule has 162 valence electrons. The molecule has 3 rings (SSSR count). The van der Waals surface area contributed by atoms with E-state index in [0.29, 0.717) is 30.6 Å². The second-order valence-electron chi connectivity index (χ2n) is 7.71. The number of amides is 1. The van der Waals surface area contributed by atoms with Crippen LogP contribution >= 0.6 is 0 Å². The topological polar surface area (TPSA) is 76.1 Å². The summed E-state index contributed by atoms with van der Waals surface area (Å²) in [5.41, 5.74) is -0.654. The number of alkyl halides is 3. The average Bonchev–Trinajstić information content (AvgIpc) is 2.68. The molecule has 1 heterocycles. The van der Waals surface area contributed by atoms with Crippen molar-refractivity contribution < 1.29 is 26.4 Å². The van der Waals surface area contributed by atoms with Crippen LogP contribution in [0.5, 0.6) is 0 Å². The van der Waals surface area contributed by atoms with Crippen LogP contribution in [0.25, 0.3) is 0 Å². The first kappa shape index (κ1) is 22.3. The summed E-state index contributed by atoms with van der Waals surface area (Å²) in [6.07, 6.45) is -0.540. The lowest BCUT2D eigenvalue weighted by Gasteiger charge is -2.29. The summed E-state index contributed by atoms with van der Waals surface area (Å²) >= 11 is 0. The summed E-state index contributed by atoms with van der Waals surface area (Å²) in [5.74, 6) is -0.836. The highest BCUT2D eigenvalue weighted by molar-refractivity contribution is 7.91. The molecule has 1 saturated carbocycles. The van der Waals surface area contributed by atoms with Crippen molar-refractivity contribution in [2.75, 3.05) is 5.75 Å². The monoisotopic (exact) mass is 440 g/mol. The van der Waals surface area contributed by atoms with E-state index in [9.17, 15) is 26.4 Å². The van der Waals surface area contributed by atoms with Gasteiger partial charge in [0.15, 0.2) is 9.84 Å². The third-order valence-corrected chi connectivity index (χ3v) is 7.24. The zero-order chi connectivity index (χ0) is 21.9. The fourth-order valence-electron chi connectivity index (χ4n) is 3.77. The number of nitrogens with zero attached hydrogens (tertiary/aromatic N) is 1. The summed E-state index contributed by atoms with van der Waals surface area (Å²) in [5, 5.41) is 2.64. The molecule has 0 atom stereocenters. The van der Waals surface area contributed by atoms with Gasteiger partial charge in [0.25, 0.3) is 5.91 Å². The second-order valence-corrected chi connectivity index (χ2v) is 9.74. The number of hydrogen-bond acceptors (Lipinski definition) is 4. The number of aromatic nitrogens is 1. The van der Waals surface area contributed by atoms with Gasteiger partial charge in [-0.1, -0.05) is 12.1 Å². The van der Waals surface area contributed by atoms with E-state index < -0.39 is 33.0 Å². The number of pyridine rings is 1. The fourth-order valence-corrected chi connectivity index (χ4v) is 5.57. The van der Waals surface area contributed by atoms with Crippen LogP contribution in [0.4, 0.5) is 13.2 Å². The lowest BCUT2D eigenvalue weighted by molar-refractivity contribution is -0.138. The number of benzene rings is 1. The van der Waals surface area contributed by atoms with Gasteiger partial charge >= 0.3 is 6.18 Å². The SMILES string of the molecule is Cc1cccc(S(=O)(=O)CC2CCC(NC(=O)c3cnccc3C(F)(F)F)CC2)c1. The van der Waals surface area contributed by atoms with E-state index in [0.717, 1.165) is 24.0 Å². The predicted octanol–water partition coefficient (Wildman–Crippen LogP) is 4.17. The van der Waals surface area contributed by atoms with Gasteiger partial charge in [-0.3, -0.25) is 9.78 Å². The van der Waals surface area contributed by atoms with Gasteiger partial charge in [0.05, 0.1) is 21.8 Å². The number of hydrogen-bond donors (Lipinski definition) is 1. The molecule has 1 aromatic carbocycles. The number of rotatable bonds is 5. The first-order valence-electron chi connectivity index (χ1n) is 9.68. The van der Waals surface area contributed by atoms with Crippen molar-refractivity contribution in [2.45, 2.75) is 49.7 Å². The molecule has 1 fully saturated rings. The van der Waals surface area contributed by atoms with Crippen LogP contribution in [0.15, 0.2) is 47.6 Å². The second kappa shape index (κ2) is 8.75. The van der Waals surface area contributed by atoms with Crippen LogP contribution in [-0.2, 0) is 16.0 Å². The van der Waals surface area contributed by atoms with Gasteiger partial charge in [-0.25, -0.2) is 8.42 Å². The quantitative estimate of drug-likeness (QED) is 0.757. The van der Waals surface area contributed by atoms with Gasteiger partial charge in [0.2, 0.25) is 0 Å². The van der Waals surface area contributed by atoms with Crippen molar-refractivity contribution in [1.29, 1.82) is 0 Å². The molecule has 0 saturated heterocycles. The van der Waals surface area contributed by atoms with Crippen molar-refractivity contribution in [3.63, 3.8) is 0 Å². The number of nitrogens with one attached hydrogen (secondary N) is 1. The summed E-state index contributed by atoms with van der Waals surface area (Å²) in [7, 11) is -3.41. The van der Waals surface area contributed by atoms with Gasteiger partial charge in [0, 0.05) is 18.4 Å². The Morgan fingerprint density at radius 1 is 1.17 bits per heavy atom. The lowest BCUT2D eigenvalue weighted by atomic mass is 9.87. The summed E-state index contributed by atoms with van der Waals surface area (Å²) in [6, 6.07) is 7.26. The molecular formula is C21H23F3N2O3S. The van der Waals surface area contributed by atoms with E-state index in [1.165, 1.54) is 0 Å². The Hall–Kier alpha value is -2.42. The minimum Gasteiger partial charge on any atom is -0.349 e. The van der Waals surface area contributed by atoms with E-state index in [4.69, 9.17) is 0 Å². The van der Waals surface area contributed by atoms with Crippen molar-refractivity contribution in [3.05, 3.63) is 59.4 Å². The van der Waals surface area contributed by atoms with E-state index in [-0.39, 0.29) is 17.7 Å². The Bertz CT molecular complexity index is 1010. The van der Waals surface area contributed by atoms with Crippen molar-refractivity contribution in [2.24, 2.45) is 5.92 Å². The number of halogens is 3. The maximum absolute atomic E-state index is 13.1. The van der Waals surface area contributed by atoms with Crippen LogP contribution in [0.2, 0.25) is 0 Å². The average molecular weight is 440 g/mol. The molecular weight excluding hydrogens is 417 g/mol. The highest BCUT2D eigenvalue weighted by atomic mass is 32.2. The number of sulfone groups is 1. The van der Waals surface area contributed by atoms with Crippen LogP contribution in [0.1, 0.15) is 47.2 Å². The van der Waals surface area contributed by atoms with Crippen LogP contribution in [-0.4, -0.2) is 31.1 Å². The Balaban J connectivity index is 1.58.